The van der Waals surface area contributed by atoms with Gasteiger partial charge in [0.2, 0.25) is 5.78 Å². The van der Waals surface area contributed by atoms with Gasteiger partial charge in [0.25, 0.3) is 0 Å². The minimum absolute atomic E-state index is 0.0393. The first-order valence-corrected chi connectivity index (χ1v) is 6.89. The maximum Gasteiger partial charge on any atom is 0.232 e. The smallest absolute Gasteiger partial charge is 0.232 e. The zero-order valence-corrected chi connectivity index (χ0v) is 12.4. The molecular weight excluding hydrogens is 304 g/mol. The number of furan rings is 1. The lowest BCUT2D eigenvalue weighted by Gasteiger charge is -2.05. The van der Waals surface area contributed by atoms with E-state index < -0.39 is 5.78 Å². The summed E-state index contributed by atoms with van der Waals surface area (Å²) in [7, 11) is 1.47. The fourth-order valence-corrected chi connectivity index (χ4v) is 2.56. The molecular formula is C17H11ClO4. The number of aldehydes is 1. The second-order valence-corrected chi connectivity index (χ2v) is 5.02. The van der Waals surface area contributed by atoms with Crippen molar-refractivity contribution >= 4 is 34.6 Å². The third kappa shape index (κ3) is 2.18. The minimum Gasteiger partial charge on any atom is -0.496 e. The van der Waals surface area contributed by atoms with E-state index in [-0.39, 0.29) is 11.3 Å². The zero-order chi connectivity index (χ0) is 15.7. The Labute approximate surface area is 131 Å². The predicted octanol–water partition coefficient (Wildman–Crippen LogP) is 4.14. The highest BCUT2D eigenvalue weighted by molar-refractivity contribution is 6.35. The first-order valence-electron chi connectivity index (χ1n) is 6.51. The molecule has 4 nitrogen and oxygen atoms in total. The van der Waals surface area contributed by atoms with Crippen LogP contribution in [0.15, 0.2) is 46.9 Å². The number of methoxy groups -OCH3 is 1. The Bertz CT molecular complexity index is 879. The predicted molar refractivity (Wildman–Crippen MR) is 83.0 cm³/mol. The summed E-state index contributed by atoms with van der Waals surface area (Å²) in [5, 5.41) is 0.862. The maximum absolute atomic E-state index is 12.7. The summed E-state index contributed by atoms with van der Waals surface area (Å²) in [6.45, 7) is 0. The Hall–Kier alpha value is -2.59. The van der Waals surface area contributed by atoms with Gasteiger partial charge in [-0.15, -0.1) is 0 Å². The standard InChI is InChI=1S/C17H11ClO4/c1-21-14-8-3-2-5-11(14)15(20)17-12(9-19)10-6-4-7-13(18)16(10)22-17/h2-9H,1H3. The Balaban J connectivity index is 2.23. The van der Waals surface area contributed by atoms with Crippen LogP contribution < -0.4 is 4.74 Å². The van der Waals surface area contributed by atoms with Gasteiger partial charge in [-0.2, -0.15) is 0 Å². The lowest BCUT2D eigenvalue weighted by atomic mass is 10.0. The largest absolute Gasteiger partial charge is 0.496 e. The van der Waals surface area contributed by atoms with Gasteiger partial charge >= 0.3 is 0 Å². The molecule has 110 valence electrons. The summed E-state index contributed by atoms with van der Waals surface area (Å²) < 4.78 is 10.8. The molecule has 5 heteroatoms. The van der Waals surface area contributed by atoms with Crippen LogP contribution in [0.2, 0.25) is 5.02 Å². The molecule has 0 unspecified atom stereocenters. The number of fused-ring (bicyclic) bond motifs is 1. The topological polar surface area (TPSA) is 56.5 Å². The quantitative estimate of drug-likeness (QED) is 0.536. The second-order valence-electron chi connectivity index (χ2n) is 4.61. The van der Waals surface area contributed by atoms with Crippen LogP contribution in [-0.2, 0) is 0 Å². The van der Waals surface area contributed by atoms with Gasteiger partial charge in [0.15, 0.2) is 17.6 Å². The normalized spacial score (nSPS) is 10.6. The van der Waals surface area contributed by atoms with Crippen LogP contribution in [-0.4, -0.2) is 19.2 Å². The van der Waals surface area contributed by atoms with Crippen molar-refractivity contribution < 1.29 is 18.7 Å². The molecule has 0 aliphatic carbocycles. The third-order valence-corrected chi connectivity index (χ3v) is 3.68. The van der Waals surface area contributed by atoms with Gasteiger partial charge in [-0.25, -0.2) is 0 Å². The van der Waals surface area contributed by atoms with Crippen molar-refractivity contribution in [2.75, 3.05) is 7.11 Å². The molecule has 0 saturated heterocycles. The van der Waals surface area contributed by atoms with Crippen molar-refractivity contribution in [2.45, 2.75) is 0 Å². The number of ether oxygens (including phenoxy) is 1. The molecule has 0 aliphatic heterocycles. The average molecular weight is 315 g/mol. The van der Waals surface area contributed by atoms with Crippen molar-refractivity contribution in [3.05, 3.63) is 64.4 Å². The van der Waals surface area contributed by atoms with Gasteiger partial charge in [-0.1, -0.05) is 35.9 Å². The molecule has 2 aromatic carbocycles. The van der Waals surface area contributed by atoms with Crippen molar-refractivity contribution in [3.63, 3.8) is 0 Å². The van der Waals surface area contributed by atoms with Gasteiger partial charge in [0.05, 0.1) is 23.3 Å². The molecule has 0 fully saturated rings. The van der Waals surface area contributed by atoms with Crippen molar-refractivity contribution in [2.24, 2.45) is 0 Å². The van der Waals surface area contributed by atoms with Gasteiger partial charge in [-0.05, 0) is 18.2 Å². The summed E-state index contributed by atoms with van der Waals surface area (Å²) in [5.41, 5.74) is 0.834. The van der Waals surface area contributed by atoms with Crippen LogP contribution in [0.3, 0.4) is 0 Å². The van der Waals surface area contributed by atoms with E-state index in [1.807, 2.05) is 0 Å². The third-order valence-electron chi connectivity index (χ3n) is 3.38. The van der Waals surface area contributed by atoms with Crippen molar-refractivity contribution in [3.8, 4) is 5.75 Å². The number of halogens is 1. The van der Waals surface area contributed by atoms with Crippen LogP contribution in [0.1, 0.15) is 26.5 Å². The van der Waals surface area contributed by atoms with Crippen molar-refractivity contribution in [1.29, 1.82) is 0 Å². The minimum atomic E-state index is -0.424. The van der Waals surface area contributed by atoms with Gasteiger partial charge in [0, 0.05) is 5.39 Å². The van der Waals surface area contributed by atoms with E-state index in [1.165, 1.54) is 7.11 Å². The molecule has 0 aliphatic rings. The fourth-order valence-electron chi connectivity index (χ4n) is 2.34. The van der Waals surface area contributed by atoms with Crippen LogP contribution in [0.25, 0.3) is 11.0 Å². The van der Waals surface area contributed by atoms with E-state index in [4.69, 9.17) is 20.8 Å². The van der Waals surface area contributed by atoms with Crippen molar-refractivity contribution in [1.82, 2.24) is 0 Å². The number of para-hydroxylation sites is 2. The molecule has 1 heterocycles. The lowest BCUT2D eigenvalue weighted by molar-refractivity contribution is 0.0999. The van der Waals surface area contributed by atoms with E-state index >= 15 is 0 Å². The summed E-state index contributed by atoms with van der Waals surface area (Å²) in [5.74, 6) is -0.0506. The monoisotopic (exact) mass is 314 g/mol. The number of hydrogen-bond donors (Lipinski definition) is 0. The van der Waals surface area contributed by atoms with Crippen LogP contribution >= 0.6 is 11.6 Å². The van der Waals surface area contributed by atoms with E-state index in [0.717, 1.165) is 0 Å². The number of hydrogen-bond acceptors (Lipinski definition) is 4. The fraction of sp³-hybridized carbons (Fsp3) is 0.0588. The maximum atomic E-state index is 12.7. The molecule has 3 aromatic rings. The van der Waals surface area contributed by atoms with Crippen LogP contribution in [0.5, 0.6) is 5.75 Å². The molecule has 0 amide bonds. The summed E-state index contributed by atoms with van der Waals surface area (Å²) in [6.07, 6.45) is 0.602. The molecule has 3 rings (SSSR count). The summed E-state index contributed by atoms with van der Waals surface area (Å²) >= 11 is 6.06. The molecule has 0 saturated carbocycles. The average Bonchev–Trinajstić information content (AvgIpc) is 2.94. The molecule has 0 N–H and O–H groups in total. The molecule has 0 atom stereocenters. The number of benzene rings is 2. The van der Waals surface area contributed by atoms with Gasteiger partial charge < -0.3 is 9.15 Å². The van der Waals surface area contributed by atoms with Gasteiger partial charge in [0.1, 0.15) is 5.75 Å². The molecule has 22 heavy (non-hydrogen) atoms. The zero-order valence-electron chi connectivity index (χ0n) is 11.6. The highest BCUT2D eigenvalue weighted by Crippen LogP contribution is 2.32. The lowest BCUT2D eigenvalue weighted by Crippen LogP contribution is -2.05. The van der Waals surface area contributed by atoms with Crippen LogP contribution in [0, 0.1) is 0 Å². The molecule has 0 radical (unpaired) electrons. The van der Waals surface area contributed by atoms with Crippen LogP contribution in [0.4, 0.5) is 0 Å². The van der Waals surface area contributed by atoms with E-state index in [9.17, 15) is 9.59 Å². The Morgan fingerprint density at radius 3 is 2.68 bits per heavy atom. The SMILES string of the molecule is COc1ccccc1C(=O)c1oc2c(Cl)cccc2c1C=O. The Morgan fingerprint density at radius 1 is 1.18 bits per heavy atom. The summed E-state index contributed by atoms with van der Waals surface area (Å²) in [4.78, 5) is 24.1. The molecule has 1 aromatic heterocycles. The first-order chi connectivity index (χ1) is 10.7. The Morgan fingerprint density at radius 2 is 1.95 bits per heavy atom. The summed E-state index contributed by atoms with van der Waals surface area (Å²) in [6, 6.07) is 11.8. The number of rotatable bonds is 4. The molecule has 0 bridgehead atoms. The second kappa shape index (κ2) is 5.66. The number of ketones is 1. The first kappa shape index (κ1) is 14.4. The highest BCUT2D eigenvalue weighted by Gasteiger charge is 2.24. The van der Waals surface area contributed by atoms with E-state index in [2.05, 4.69) is 0 Å². The highest BCUT2D eigenvalue weighted by atomic mass is 35.5. The molecule has 0 spiro atoms. The van der Waals surface area contributed by atoms with E-state index in [0.29, 0.717) is 33.6 Å². The Kier molecular flexibility index (Phi) is 3.69. The van der Waals surface area contributed by atoms with Gasteiger partial charge in [-0.3, -0.25) is 9.59 Å². The number of carbonyl (C=O) groups excluding carboxylic acids is 2. The number of carbonyl (C=O) groups is 2. The van der Waals surface area contributed by atoms with E-state index in [1.54, 1.807) is 42.5 Å².